The number of esters is 1. The van der Waals surface area contributed by atoms with E-state index in [0.29, 0.717) is 12.3 Å². The highest BCUT2D eigenvalue weighted by Crippen LogP contribution is 2.34. The maximum absolute atomic E-state index is 12.3. The zero-order chi connectivity index (χ0) is 20.9. The molecule has 0 saturated carbocycles. The maximum Gasteiger partial charge on any atom is 0.417 e. The second-order valence-electron chi connectivity index (χ2n) is 7.62. The molecule has 1 aliphatic carbocycles. The monoisotopic (exact) mass is 388 g/mol. The summed E-state index contributed by atoms with van der Waals surface area (Å²) < 4.78 is 10.7. The Bertz CT molecular complexity index is 759. The van der Waals surface area contributed by atoms with Gasteiger partial charge in [0.2, 0.25) is 0 Å². The number of nitrogens with zero attached hydrogens (tertiary/aromatic N) is 1. The molecule has 2 N–H and O–H groups in total. The van der Waals surface area contributed by atoms with Gasteiger partial charge in [-0.05, 0) is 63.8 Å². The quantitative estimate of drug-likeness (QED) is 0.442. The Morgan fingerprint density at radius 1 is 1.43 bits per heavy atom. The first-order chi connectivity index (χ1) is 13.2. The number of aliphatic hydroxyl groups excluding tert-OH is 1. The van der Waals surface area contributed by atoms with E-state index in [1.165, 1.54) is 4.90 Å². The largest absolute Gasteiger partial charge is 0.458 e. The van der Waals surface area contributed by atoms with Crippen LogP contribution in [0.25, 0.3) is 0 Å². The number of nitrogens with one attached hydrogen (secondary N) is 1. The Labute approximate surface area is 166 Å². The Morgan fingerprint density at radius 3 is 2.71 bits per heavy atom. The third-order valence-corrected chi connectivity index (χ3v) is 4.39. The van der Waals surface area contributed by atoms with Crippen LogP contribution in [0.5, 0.6) is 5.75 Å². The van der Waals surface area contributed by atoms with Gasteiger partial charge in [-0.2, -0.15) is 0 Å². The van der Waals surface area contributed by atoms with E-state index in [0.717, 1.165) is 24.0 Å². The lowest BCUT2D eigenvalue weighted by Crippen LogP contribution is -2.41. The van der Waals surface area contributed by atoms with Gasteiger partial charge in [0.25, 0.3) is 0 Å². The molecule has 0 radical (unpaired) electrons. The molecule has 7 heteroatoms. The smallest absolute Gasteiger partial charge is 0.417 e. The standard InChI is InChI=1S/C21H28N2O5/c1-6-17(19(25)28-21(3,4)5)22-18-11-9-14-8-10-15(12-16(14)18)27-20(26)23(7-2)13-24/h1,8,10,12,17-18,22,24H,7,9,11,13H2,2-5H3/t17-,18?/m1/s1. The average Bonchev–Trinajstić information content (AvgIpc) is 3.01. The van der Waals surface area contributed by atoms with Crippen molar-refractivity contribution < 1.29 is 24.2 Å². The van der Waals surface area contributed by atoms with Crippen molar-refractivity contribution in [2.45, 2.75) is 58.2 Å². The van der Waals surface area contributed by atoms with Gasteiger partial charge in [-0.15, -0.1) is 6.42 Å². The molecule has 152 valence electrons. The molecule has 1 aromatic carbocycles. The third-order valence-electron chi connectivity index (χ3n) is 4.39. The predicted molar refractivity (Wildman–Crippen MR) is 105 cm³/mol. The molecule has 2 rings (SSSR count). The van der Waals surface area contributed by atoms with E-state index < -0.39 is 30.4 Å². The minimum Gasteiger partial charge on any atom is -0.458 e. The van der Waals surface area contributed by atoms with E-state index in [4.69, 9.17) is 15.9 Å². The summed E-state index contributed by atoms with van der Waals surface area (Å²) in [4.78, 5) is 25.5. The summed E-state index contributed by atoms with van der Waals surface area (Å²) in [6.07, 6.45) is 6.51. The van der Waals surface area contributed by atoms with E-state index in [9.17, 15) is 14.7 Å². The van der Waals surface area contributed by atoms with E-state index in [2.05, 4.69) is 11.2 Å². The van der Waals surface area contributed by atoms with Crippen LogP contribution >= 0.6 is 0 Å². The van der Waals surface area contributed by atoms with Crippen LogP contribution in [0.2, 0.25) is 0 Å². The van der Waals surface area contributed by atoms with Crippen LogP contribution in [-0.4, -0.2) is 47.0 Å². The molecule has 0 bridgehead atoms. The van der Waals surface area contributed by atoms with Crippen molar-refractivity contribution in [3.63, 3.8) is 0 Å². The van der Waals surface area contributed by atoms with Crippen molar-refractivity contribution in [2.75, 3.05) is 13.3 Å². The number of amides is 1. The van der Waals surface area contributed by atoms with Crippen LogP contribution in [0.4, 0.5) is 4.79 Å². The first-order valence-electron chi connectivity index (χ1n) is 9.34. The van der Waals surface area contributed by atoms with Gasteiger partial charge in [-0.3, -0.25) is 10.2 Å². The van der Waals surface area contributed by atoms with Crippen LogP contribution in [0.1, 0.15) is 51.3 Å². The molecule has 0 aromatic heterocycles. The van der Waals surface area contributed by atoms with Crippen molar-refractivity contribution in [1.82, 2.24) is 10.2 Å². The number of hydrogen-bond donors (Lipinski definition) is 2. The molecule has 0 saturated heterocycles. The lowest BCUT2D eigenvalue weighted by Gasteiger charge is -2.24. The number of carbonyl (C=O) groups excluding carboxylic acids is 2. The van der Waals surface area contributed by atoms with Crippen molar-refractivity contribution in [1.29, 1.82) is 0 Å². The molecule has 2 atom stereocenters. The Kier molecular flexibility index (Phi) is 7.05. The highest BCUT2D eigenvalue weighted by molar-refractivity contribution is 5.79. The average molecular weight is 388 g/mol. The van der Waals surface area contributed by atoms with Crippen molar-refractivity contribution in [2.24, 2.45) is 0 Å². The van der Waals surface area contributed by atoms with Crippen molar-refractivity contribution >= 4 is 12.1 Å². The lowest BCUT2D eigenvalue weighted by atomic mass is 10.1. The molecule has 28 heavy (non-hydrogen) atoms. The molecule has 1 unspecified atom stereocenters. The highest BCUT2D eigenvalue weighted by Gasteiger charge is 2.30. The molecule has 1 aliphatic rings. The molecule has 0 heterocycles. The molecular formula is C21H28N2O5. The van der Waals surface area contributed by atoms with Gasteiger partial charge in [-0.1, -0.05) is 12.0 Å². The number of rotatable bonds is 6. The van der Waals surface area contributed by atoms with Crippen LogP contribution in [0.3, 0.4) is 0 Å². The summed E-state index contributed by atoms with van der Waals surface area (Å²) in [6.45, 7) is 7.03. The van der Waals surface area contributed by atoms with Gasteiger partial charge in [0.1, 0.15) is 18.1 Å². The second-order valence-corrected chi connectivity index (χ2v) is 7.62. The van der Waals surface area contributed by atoms with Crippen LogP contribution in [0.15, 0.2) is 18.2 Å². The molecule has 0 fully saturated rings. The number of fused-ring (bicyclic) bond motifs is 1. The van der Waals surface area contributed by atoms with Crippen molar-refractivity contribution in [3.05, 3.63) is 29.3 Å². The van der Waals surface area contributed by atoms with E-state index in [-0.39, 0.29) is 6.04 Å². The van der Waals surface area contributed by atoms with Gasteiger partial charge in [-0.25, -0.2) is 9.59 Å². The van der Waals surface area contributed by atoms with Gasteiger partial charge in [0.15, 0.2) is 6.04 Å². The predicted octanol–water partition coefficient (Wildman–Crippen LogP) is 2.38. The number of aliphatic hydroxyl groups is 1. The zero-order valence-electron chi connectivity index (χ0n) is 16.8. The zero-order valence-corrected chi connectivity index (χ0v) is 16.8. The van der Waals surface area contributed by atoms with Gasteiger partial charge < -0.3 is 14.6 Å². The SMILES string of the molecule is C#C[C@@H](NC1CCc2ccc(OC(=O)N(CC)CO)cc21)C(=O)OC(C)(C)C. The Morgan fingerprint density at radius 2 is 2.14 bits per heavy atom. The molecule has 0 spiro atoms. The normalized spacial score (nSPS) is 16.6. The third kappa shape index (κ3) is 5.47. The minimum absolute atomic E-state index is 0.151. The lowest BCUT2D eigenvalue weighted by molar-refractivity contribution is -0.156. The molecule has 1 amide bonds. The minimum atomic E-state index is -0.869. The van der Waals surface area contributed by atoms with Gasteiger partial charge in [0, 0.05) is 12.6 Å². The fourth-order valence-corrected chi connectivity index (χ4v) is 3.02. The number of hydrogen-bond acceptors (Lipinski definition) is 6. The molecule has 0 aliphatic heterocycles. The fourth-order valence-electron chi connectivity index (χ4n) is 3.02. The maximum atomic E-state index is 12.3. The van der Waals surface area contributed by atoms with E-state index in [1.54, 1.807) is 39.8 Å². The molecule has 7 nitrogen and oxygen atoms in total. The number of terminal acetylenes is 1. The summed E-state index contributed by atoms with van der Waals surface area (Å²) in [7, 11) is 0. The summed E-state index contributed by atoms with van der Waals surface area (Å²) in [5.41, 5.74) is 1.41. The van der Waals surface area contributed by atoms with Crippen LogP contribution < -0.4 is 10.1 Å². The highest BCUT2D eigenvalue weighted by atomic mass is 16.6. The Hall–Kier alpha value is -2.56. The van der Waals surface area contributed by atoms with Gasteiger partial charge >= 0.3 is 12.1 Å². The van der Waals surface area contributed by atoms with Crippen LogP contribution in [-0.2, 0) is 16.0 Å². The van der Waals surface area contributed by atoms with E-state index >= 15 is 0 Å². The van der Waals surface area contributed by atoms with Crippen LogP contribution in [0, 0.1) is 12.3 Å². The number of carbonyl (C=O) groups is 2. The number of aryl methyl sites for hydroxylation is 1. The Balaban J connectivity index is 2.12. The molecule has 1 aromatic rings. The first kappa shape index (κ1) is 21.7. The summed E-state index contributed by atoms with van der Waals surface area (Å²) >= 11 is 0. The molecular weight excluding hydrogens is 360 g/mol. The summed E-state index contributed by atoms with van der Waals surface area (Å²) in [6, 6.07) is 4.37. The van der Waals surface area contributed by atoms with E-state index in [1.807, 2.05) is 6.07 Å². The fraction of sp³-hybridized carbons (Fsp3) is 0.524. The number of benzene rings is 1. The topological polar surface area (TPSA) is 88.1 Å². The second kappa shape index (κ2) is 9.09. The van der Waals surface area contributed by atoms with Gasteiger partial charge in [0.05, 0.1) is 0 Å². The van der Waals surface area contributed by atoms with Crippen molar-refractivity contribution in [3.8, 4) is 18.1 Å². The summed E-state index contributed by atoms with van der Waals surface area (Å²) in [5, 5.41) is 12.4. The first-order valence-corrected chi connectivity index (χ1v) is 9.34. The summed E-state index contributed by atoms with van der Waals surface area (Å²) in [5.74, 6) is 2.33. The number of ether oxygens (including phenoxy) is 2.